The van der Waals surface area contributed by atoms with Gasteiger partial charge < -0.3 is 14.4 Å². The summed E-state index contributed by atoms with van der Waals surface area (Å²) in [7, 11) is 0. The Morgan fingerprint density at radius 3 is 2.70 bits per heavy atom. The van der Waals surface area contributed by atoms with Gasteiger partial charge in [0.2, 0.25) is 0 Å². The Kier molecular flexibility index (Phi) is 4.87. The van der Waals surface area contributed by atoms with Crippen LogP contribution in [0.2, 0.25) is 0 Å². The van der Waals surface area contributed by atoms with Crippen molar-refractivity contribution in [2.75, 3.05) is 19.8 Å². The molecular weight excluding hydrogens is 409 g/mol. The van der Waals surface area contributed by atoms with Crippen LogP contribution in [0.3, 0.4) is 0 Å². The number of aromatic nitrogens is 2. The van der Waals surface area contributed by atoms with E-state index in [0.717, 1.165) is 36.2 Å². The Bertz CT molecular complexity index is 588. The number of rotatable bonds is 1. The highest BCUT2D eigenvalue weighted by Crippen LogP contribution is 2.30. The maximum Gasteiger partial charge on any atom is 0.410 e. The number of amides is 1. The van der Waals surface area contributed by atoms with Gasteiger partial charge in [-0.2, -0.15) is 5.10 Å². The van der Waals surface area contributed by atoms with Crippen molar-refractivity contribution >= 4 is 28.7 Å². The first-order chi connectivity index (χ1) is 10.8. The lowest BCUT2D eigenvalue weighted by Gasteiger charge is -2.31. The fraction of sp³-hybridized carbons (Fsp3) is 0.750. The molecule has 0 saturated carbocycles. The minimum absolute atomic E-state index is 0.238. The topological polar surface area (TPSA) is 56.6 Å². The quantitative estimate of drug-likeness (QED) is 0.639. The number of nitrogens with zero attached hydrogens (tertiary/aromatic N) is 3. The number of halogens is 1. The molecule has 1 fully saturated rings. The van der Waals surface area contributed by atoms with Gasteiger partial charge in [-0.05, 0) is 56.2 Å². The summed E-state index contributed by atoms with van der Waals surface area (Å²) < 4.78 is 14.1. The largest absolute Gasteiger partial charge is 0.444 e. The molecule has 0 bridgehead atoms. The van der Waals surface area contributed by atoms with Gasteiger partial charge in [-0.1, -0.05) is 0 Å². The number of hydrogen-bond donors (Lipinski definition) is 0. The zero-order valence-corrected chi connectivity index (χ0v) is 16.1. The summed E-state index contributed by atoms with van der Waals surface area (Å²) in [6, 6.07) is 0.425. The molecule has 0 unspecified atom stereocenters. The number of fused-ring (bicyclic) bond motifs is 1. The van der Waals surface area contributed by atoms with Crippen LogP contribution < -0.4 is 0 Å². The second-order valence-corrected chi connectivity index (χ2v) is 8.18. The molecule has 1 amide bonds. The van der Waals surface area contributed by atoms with E-state index >= 15 is 0 Å². The molecule has 128 valence electrons. The summed E-state index contributed by atoms with van der Waals surface area (Å²) in [5.74, 6) is 0. The van der Waals surface area contributed by atoms with Crippen molar-refractivity contribution in [2.45, 2.75) is 58.2 Å². The van der Waals surface area contributed by atoms with E-state index < -0.39 is 5.60 Å². The average Bonchev–Trinajstić information content (AvgIpc) is 2.83. The summed E-state index contributed by atoms with van der Waals surface area (Å²) in [5.41, 5.74) is 1.99. The Morgan fingerprint density at radius 2 is 2.04 bits per heavy atom. The van der Waals surface area contributed by atoms with E-state index in [4.69, 9.17) is 14.6 Å². The molecule has 0 aliphatic carbocycles. The summed E-state index contributed by atoms with van der Waals surface area (Å²) in [5, 5.41) is 4.75. The first-order valence-corrected chi connectivity index (χ1v) is 9.24. The van der Waals surface area contributed by atoms with E-state index in [9.17, 15) is 4.79 Å². The lowest BCUT2D eigenvalue weighted by Crippen LogP contribution is -2.40. The zero-order chi connectivity index (χ0) is 16.6. The molecule has 0 atom stereocenters. The van der Waals surface area contributed by atoms with Gasteiger partial charge in [-0.15, -0.1) is 0 Å². The molecular formula is C16H24IN3O3. The van der Waals surface area contributed by atoms with Crippen LogP contribution >= 0.6 is 22.6 Å². The minimum atomic E-state index is -0.462. The van der Waals surface area contributed by atoms with Crippen LogP contribution in [0.4, 0.5) is 4.79 Å². The Labute approximate surface area is 150 Å². The van der Waals surface area contributed by atoms with E-state index in [1.54, 1.807) is 4.90 Å². The molecule has 1 aromatic heterocycles. The molecule has 0 radical (unpaired) electrons. The molecule has 1 aromatic rings. The van der Waals surface area contributed by atoms with Crippen molar-refractivity contribution in [3.05, 3.63) is 15.0 Å². The van der Waals surface area contributed by atoms with E-state index in [1.165, 1.54) is 11.3 Å². The number of ether oxygens (including phenoxy) is 2. The molecule has 3 heterocycles. The molecule has 6 nitrogen and oxygen atoms in total. The van der Waals surface area contributed by atoms with Crippen LogP contribution in [-0.4, -0.2) is 46.1 Å². The van der Waals surface area contributed by atoms with Gasteiger partial charge in [0.25, 0.3) is 0 Å². The number of carbonyl (C=O) groups excluding carboxylic acids is 1. The van der Waals surface area contributed by atoms with Gasteiger partial charge in [-0.25, -0.2) is 4.79 Å². The molecule has 2 aliphatic heterocycles. The monoisotopic (exact) mass is 433 g/mol. The van der Waals surface area contributed by atoms with Crippen LogP contribution in [-0.2, 0) is 22.4 Å². The van der Waals surface area contributed by atoms with E-state index in [2.05, 4.69) is 27.3 Å². The van der Waals surface area contributed by atoms with E-state index in [1.807, 2.05) is 20.8 Å². The minimum Gasteiger partial charge on any atom is -0.444 e. The van der Waals surface area contributed by atoms with Crippen molar-refractivity contribution in [3.8, 4) is 0 Å². The average molecular weight is 433 g/mol. The standard InChI is InChI=1S/C16H24IN3O3/c1-16(2,3)23-15(21)19-7-4-13-12(10-19)14(17)18-20(13)11-5-8-22-9-6-11/h11H,4-10H2,1-3H3. The molecule has 0 spiro atoms. The smallest absolute Gasteiger partial charge is 0.410 e. The van der Waals surface area contributed by atoms with Crippen molar-refractivity contribution in [1.29, 1.82) is 0 Å². The maximum atomic E-state index is 12.3. The fourth-order valence-corrected chi connectivity index (χ4v) is 3.83. The van der Waals surface area contributed by atoms with Crippen molar-refractivity contribution in [3.63, 3.8) is 0 Å². The van der Waals surface area contributed by atoms with Gasteiger partial charge in [0.1, 0.15) is 9.30 Å². The van der Waals surface area contributed by atoms with Crippen molar-refractivity contribution < 1.29 is 14.3 Å². The first kappa shape index (κ1) is 17.0. The molecule has 7 heteroatoms. The van der Waals surface area contributed by atoms with Crippen LogP contribution in [0, 0.1) is 3.70 Å². The zero-order valence-electron chi connectivity index (χ0n) is 14.0. The Hall–Kier alpha value is -0.830. The highest BCUT2D eigenvalue weighted by molar-refractivity contribution is 14.1. The van der Waals surface area contributed by atoms with Crippen molar-refractivity contribution in [1.82, 2.24) is 14.7 Å². The summed E-state index contributed by atoms with van der Waals surface area (Å²) in [4.78, 5) is 14.1. The highest BCUT2D eigenvalue weighted by atomic mass is 127. The molecule has 23 heavy (non-hydrogen) atoms. The third kappa shape index (κ3) is 3.81. The van der Waals surface area contributed by atoms with Gasteiger partial charge in [0.05, 0.1) is 12.6 Å². The number of hydrogen-bond acceptors (Lipinski definition) is 4. The van der Waals surface area contributed by atoms with Gasteiger partial charge in [0, 0.05) is 37.4 Å². The van der Waals surface area contributed by atoms with E-state index in [0.29, 0.717) is 19.1 Å². The lowest BCUT2D eigenvalue weighted by molar-refractivity contribution is 0.0220. The molecule has 3 rings (SSSR count). The summed E-state index contributed by atoms with van der Waals surface area (Å²) >= 11 is 2.28. The second kappa shape index (κ2) is 6.58. The van der Waals surface area contributed by atoms with Gasteiger partial charge in [-0.3, -0.25) is 4.68 Å². The first-order valence-electron chi connectivity index (χ1n) is 8.16. The van der Waals surface area contributed by atoms with E-state index in [-0.39, 0.29) is 6.09 Å². The SMILES string of the molecule is CC(C)(C)OC(=O)N1CCc2c(c(I)nn2C2CCOCC2)C1. The van der Waals surface area contributed by atoms with Gasteiger partial charge >= 0.3 is 6.09 Å². The van der Waals surface area contributed by atoms with Crippen LogP contribution in [0.5, 0.6) is 0 Å². The molecule has 0 N–H and O–H groups in total. The summed E-state index contributed by atoms with van der Waals surface area (Å²) in [6.07, 6.45) is 2.62. The normalized spacial score (nSPS) is 19.6. The Morgan fingerprint density at radius 1 is 1.35 bits per heavy atom. The van der Waals surface area contributed by atoms with Gasteiger partial charge in [0.15, 0.2) is 0 Å². The highest BCUT2D eigenvalue weighted by Gasteiger charge is 2.31. The molecule has 1 saturated heterocycles. The summed E-state index contributed by atoms with van der Waals surface area (Å²) in [6.45, 7) is 8.58. The predicted molar refractivity (Wildman–Crippen MR) is 94.4 cm³/mol. The lowest BCUT2D eigenvalue weighted by atomic mass is 10.1. The maximum absolute atomic E-state index is 12.3. The Balaban J connectivity index is 1.76. The van der Waals surface area contributed by atoms with Crippen molar-refractivity contribution in [2.24, 2.45) is 0 Å². The van der Waals surface area contributed by atoms with Crippen LogP contribution in [0.15, 0.2) is 0 Å². The third-order valence-electron chi connectivity index (χ3n) is 4.23. The third-order valence-corrected chi connectivity index (χ3v) is 5.09. The second-order valence-electron chi connectivity index (χ2n) is 7.16. The predicted octanol–water partition coefficient (Wildman–Crippen LogP) is 3.13. The molecule has 0 aromatic carbocycles. The van der Waals surface area contributed by atoms with Crippen LogP contribution in [0.25, 0.3) is 0 Å². The number of carbonyl (C=O) groups is 1. The fourth-order valence-electron chi connectivity index (χ4n) is 3.12. The van der Waals surface area contributed by atoms with Crippen LogP contribution in [0.1, 0.15) is 50.9 Å². The molecule has 2 aliphatic rings.